The number of unbranched alkanes of at least 4 members (excludes halogenated alkanes) is 2. The van der Waals surface area contributed by atoms with Crippen LogP contribution in [0.1, 0.15) is 60.9 Å². The minimum atomic E-state index is -0.0639. The lowest BCUT2D eigenvalue weighted by atomic mass is 9.89. The van der Waals surface area contributed by atoms with E-state index in [0.29, 0.717) is 11.5 Å². The molecule has 4 rings (SSSR count). The third-order valence-electron chi connectivity index (χ3n) is 5.75. The zero-order valence-corrected chi connectivity index (χ0v) is 17.3. The van der Waals surface area contributed by atoms with Gasteiger partial charge in [0.15, 0.2) is 0 Å². The van der Waals surface area contributed by atoms with E-state index in [2.05, 4.69) is 23.2 Å². The van der Waals surface area contributed by atoms with Crippen molar-refractivity contribution in [2.75, 3.05) is 25.0 Å². The van der Waals surface area contributed by atoms with Crippen LogP contribution in [0.25, 0.3) is 11.0 Å². The Morgan fingerprint density at radius 1 is 1.25 bits per heavy atom. The number of thiophene rings is 1. The van der Waals surface area contributed by atoms with Crippen molar-refractivity contribution in [3.05, 3.63) is 52.4 Å². The van der Waals surface area contributed by atoms with E-state index in [4.69, 9.17) is 4.42 Å². The summed E-state index contributed by atoms with van der Waals surface area (Å²) in [5.41, 5.74) is 3.71. The Kier molecular flexibility index (Phi) is 6.13. The highest BCUT2D eigenvalue weighted by atomic mass is 32.1. The number of likely N-dealkylation sites (tertiary alicyclic amines) is 1. The van der Waals surface area contributed by atoms with Crippen LogP contribution >= 0.6 is 11.3 Å². The molecule has 148 valence electrons. The molecule has 2 aromatic heterocycles. The SMILES string of the molecule is CCCCCN1CCC(c2coc3ccc(NC(=O)c4ccsc4)cc23)CC1. The highest BCUT2D eigenvalue weighted by molar-refractivity contribution is 7.08. The van der Waals surface area contributed by atoms with Gasteiger partial charge in [-0.2, -0.15) is 11.3 Å². The number of fused-ring (bicyclic) bond motifs is 1. The summed E-state index contributed by atoms with van der Waals surface area (Å²) in [4.78, 5) is 14.9. The monoisotopic (exact) mass is 396 g/mol. The predicted octanol–water partition coefficient (Wildman–Crippen LogP) is 6.12. The number of anilines is 1. The van der Waals surface area contributed by atoms with Crippen molar-refractivity contribution in [1.82, 2.24) is 4.90 Å². The summed E-state index contributed by atoms with van der Waals surface area (Å²) in [6.45, 7) is 5.81. The average Bonchev–Trinajstić information content (AvgIpc) is 3.39. The lowest BCUT2D eigenvalue weighted by Gasteiger charge is -2.31. The Balaban J connectivity index is 1.44. The van der Waals surface area contributed by atoms with Crippen molar-refractivity contribution in [3.63, 3.8) is 0 Å². The zero-order chi connectivity index (χ0) is 19.3. The molecule has 0 radical (unpaired) electrons. The second kappa shape index (κ2) is 8.93. The van der Waals surface area contributed by atoms with E-state index in [9.17, 15) is 4.79 Å². The first-order valence-electron chi connectivity index (χ1n) is 10.3. The first-order chi connectivity index (χ1) is 13.7. The smallest absolute Gasteiger partial charge is 0.256 e. The largest absolute Gasteiger partial charge is 0.464 e. The molecule has 1 fully saturated rings. The van der Waals surface area contributed by atoms with Gasteiger partial charge in [0.05, 0.1) is 11.8 Å². The minimum Gasteiger partial charge on any atom is -0.464 e. The fraction of sp³-hybridized carbons (Fsp3) is 0.435. The summed E-state index contributed by atoms with van der Waals surface area (Å²) in [5, 5.41) is 7.93. The maximum atomic E-state index is 12.3. The van der Waals surface area contributed by atoms with Gasteiger partial charge >= 0.3 is 0 Å². The van der Waals surface area contributed by atoms with Crippen molar-refractivity contribution in [1.29, 1.82) is 0 Å². The quantitative estimate of drug-likeness (QED) is 0.490. The summed E-state index contributed by atoms with van der Waals surface area (Å²) in [6, 6.07) is 7.78. The maximum Gasteiger partial charge on any atom is 0.256 e. The van der Waals surface area contributed by atoms with Crippen molar-refractivity contribution >= 4 is 33.9 Å². The summed E-state index contributed by atoms with van der Waals surface area (Å²) >= 11 is 1.53. The topological polar surface area (TPSA) is 45.5 Å². The van der Waals surface area contributed by atoms with E-state index < -0.39 is 0 Å². The fourth-order valence-corrected chi connectivity index (χ4v) is 4.73. The zero-order valence-electron chi connectivity index (χ0n) is 16.4. The first kappa shape index (κ1) is 19.2. The Morgan fingerprint density at radius 3 is 2.86 bits per heavy atom. The van der Waals surface area contributed by atoms with Crippen LogP contribution in [0.4, 0.5) is 5.69 Å². The third kappa shape index (κ3) is 4.31. The summed E-state index contributed by atoms with van der Waals surface area (Å²) in [7, 11) is 0. The van der Waals surface area contributed by atoms with Crippen molar-refractivity contribution in [2.45, 2.75) is 44.9 Å². The molecule has 3 heterocycles. The summed E-state index contributed by atoms with van der Waals surface area (Å²) < 4.78 is 5.82. The van der Waals surface area contributed by atoms with Crippen LogP contribution in [-0.4, -0.2) is 30.4 Å². The highest BCUT2D eigenvalue weighted by Gasteiger charge is 2.23. The Hall–Kier alpha value is -2.11. The van der Waals surface area contributed by atoms with Gasteiger partial charge in [0.1, 0.15) is 5.58 Å². The molecule has 1 saturated heterocycles. The Labute approximate surface area is 170 Å². The van der Waals surface area contributed by atoms with Crippen LogP contribution in [0.15, 0.2) is 45.7 Å². The number of carbonyl (C=O) groups is 1. The van der Waals surface area contributed by atoms with Crippen LogP contribution in [-0.2, 0) is 0 Å². The molecule has 0 atom stereocenters. The summed E-state index contributed by atoms with van der Waals surface area (Å²) in [5.74, 6) is 0.470. The predicted molar refractivity (Wildman–Crippen MR) is 116 cm³/mol. The van der Waals surface area contributed by atoms with Crippen LogP contribution in [0.2, 0.25) is 0 Å². The second-order valence-electron chi connectivity index (χ2n) is 7.69. The molecule has 1 aliphatic heterocycles. The molecule has 0 unspecified atom stereocenters. The number of amides is 1. The standard InChI is InChI=1S/C23H28N2O2S/c1-2-3-4-10-25-11-7-17(8-12-25)21-15-27-22-6-5-19(14-20(21)22)24-23(26)18-9-13-28-16-18/h5-6,9,13-17H,2-4,7-8,10-12H2,1H3,(H,24,26). The molecule has 4 nitrogen and oxygen atoms in total. The van der Waals surface area contributed by atoms with E-state index in [-0.39, 0.29) is 5.91 Å². The number of carbonyl (C=O) groups excluding carboxylic acids is 1. The maximum absolute atomic E-state index is 12.3. The molecule has 28 heavy (non-hydrogen) atoms. The van der Waals surface area contributed by atoms with Crippen LogP contribution < -0.4 is 5.32 Å². The molecule has 1 N–H and O–H groups in total. The number of nitrogens with zero attached hydrogens (tertiary/aromatic N) is 1. The van der Waals surface area contributed by atoms with Gasteiger partial charge < -0.3 is 14.6 Å². The number of rotatable bonds is 7. The van der Waals surface area contributed by atoms with E-state index in [1.54, 1.807) is 0 Å². The molecular formula is C23H28N2O2S. The molecule has 1 aliphatic rings. The van der Waals surface area contributed by atoms with Gasteiger partial charge in [0.25, 0.3) is 5.91 Å². The van der Waals surface area contributed by atoms with Crippen LogP contribution in [0.5, 0.6) is 0 Å². The lowest BCUT2D eigenvalue weighted by Crippen LogP contribution is -2.33. The van der Waals surface area contributed by atoms with E-state index in [1.165, 1.54) is 55.5 Å². The number of hydrogen-bond donors (Lipinski definition) is 1. The van der Waals surface area contributed by atoms with Crippen molar-refractivity contribution < 1.29 is 9.21 Å². The Bertz CT molecular complexity index is 908. The fourth-order valence-electron chi connectivity index (χ4n) is 4.09. The minimum absolute atomic E-state index is 0.0639. The molecule has 3 aromatic rings. The van der Waals surface area contributed by atoms with Crippen molar-refractivity contribution in [3.8, 4) is 0 Å². The number of furan rings is 1. The molecular weight excluding hydrogens is 368 g/mol. The molecule has 1 aromatic carbocycles. The van der Waals surface area contributed by atoms with E-state index in [1.807, 2.05) is 35.2 Å². The number of nitrogens with one attached hydrogen (secondary N) is 1. The number of benzene rings is 1. The number of hydrogen-bond acceptors (Lipinski definition) is 4. The van der Waals surface area contributed by atoms with Gasteiger partial charge in [0.2, 0.25) is 0 Å². The van der Waals surface area contributed by atoms with Gasteiger partial charge in [-0.05, 0) is 74.5 Å². The van der Waals surface area contributed by atoms with Gasteiger partial charge in [-0.1, -0.05) is 19.8 Å². The van der Waals surface area contributed by atoms with E-state index in [0.717, 1.165) is 29.7 Å². The second-order valence-corrected chi connectivity index (χ2v) is 8.47. The van der Waals surface area contributed by atoms with Crippen LogP contribution in [0, 0.1) is 0 Å². The van der Waals surface area contributed by atoms with E-state index >= 15 is 0 Å². The van der Waals surface area contributed by atoms with Crippen LogP contribution in [0.3, 0.4) is 0 Å². The molecule has 0 bridgehead atoms. The average molecular weight is 397 g/mol. The lowest BCUT2D eigenvalue weighted by molar-refractivity contribution is 0.102. The summed E-state index contributed by atoms with van der Waals surface area (Å²) in [6.07, 6.45) is 8.18. The number of piperidine rings is 1. The van der Waals surface area contributed by atoms with Gasteiger partial charge in [-0.3, -0.25) is 4.79 Å². The third-order valence-corrected chi connectivity index (χ3v) is 6.43. The molecule has 1 amide bonds. The van der Waals surface area contributed by atoms with Crippen molar-refractivity contribution in [2.24, 2.45) is 0 Å². The van der Waals surface area contributed by atoms with Gasteiger partial charge in [-0.15, -0.1) is 0 Å². The normalized spacial score (nSPS) is 15.9. The first-order valence-corrected chi connectivity index (χ1v) is 11.3. The molecule has 0 saturated carbocycles. The molecule has 5 heteroatoms. The molecule has 0 spiro atoms. The van der Waals surface area contributed by atoms with Gasteiger partial charge in [-0.25, -0.2) is 0 Å². The Morgan fingerprint density at radius 2 is 2.11 bits per heavy atom. The van der Waals surface area contributed by atoms with Gasteiger partial charge in [0, 0.05) is 22.0 Å². The molecule has 0 aliphatic carbocycles. The highest BCUT2D eigenvalue weighted by Crippen LogP contribution is 2.35.